The second-order valence-corrected chi connectivity index (χ2v) is 7.66. The molecule has 0 aromatic heterocycles. The standard InChI is InChI=1S/C19H22N2O5/c1-17(2)18(3)9-10-19(17,14(22)13(18)21-25)16(24)20-12-7-5-11(6-8-12)15(23)26-4/h5-8,25H,9-10H2,1-4H3,(H,20,24)/b21-13+. The molecule has 2 saturated carbocycles. The predicted octanol–water partition coefficient (Wildman–Crippen LogP) is 2.64. The van der Waals surface area contributed by atoms with Crippen molar-refractivity contribution < 1.29 is 24.3 Å². The lowest BCUT2D eigenvalue weighted by atomic mass is 9.64. The first-order valence-electron chi connectivity index (χ1n) is 8.43. The summed E-state index contributed by atoms with van der Waals surface area (Å²) in [6.45, 7) is 5.61. The van der Waals surface area contributed by atoms with E-state index in [1.165, 1.54) is 7.11 Å². The van der Waals surface area contributed by atoms with Crippen LogP contribution in [0.2, 0.25) is 0 Å². The van der Waals surface area contributed by atoms with Crippen molar-refractivity contribution in [3.63, 3.8) is 0 Å². The summed E-state index contributed by atoms with van der Waals surface area (Å²) in [5, 5.41) is 15.4. The van der Waals surface area contributed by atoms with Gasteiger partial charge in [-0.15, -0.1) is 0 Å². The van der Waals surface area contributed by atoms with Crippen LogP contribution in [0.5, 0.6) is 0 Å². The van der Waals surface area contributed by atoms with Crippen LogP contribution >= 0.6 is 0 Å². The number of rotatable bonds is 3. The molecular weight excluding hydrogens is 336 g/mol. The van der Waals surface area contributed by atoms with Crippen molar-refractivity contribution in [2.75, 3.05) is 12.4 Å². The molecule has 1 aromatic carbocycles. The van der Waals surface area contributed by atoms with Gasteiger partial charge in [0.2, 0.25) is 5.91 Å². The third kappa shape index (κ3) is 2.00. The Kier molecular flexibility index (Phi) is 3.94. The smallest absolute Gasteiger partial charge is 0.337 e. The molecule has 2 fully saturated rings. The highest BCUT2D eigenvalue weighted by Crippen LogP contribution is 2.69. The zero-order valence-electron chi connectivity index (χ0n) is 15.3. The van der Waals surface area contributed by atoms with Crippen molar-refractivity contribution >= 4 is 29.1 Å². The van der Waals surface area contributed by atoms with Crippen LogP contribution in [0.15, 0.2) is 29.4 Å². The zero-order chi connectivity index (χ0) is 19.3. The lowest BCUT2D eigenvalue weighted by Crippen LogP contribution is -2.47. The number of nitrogens with zero attached hydrogens (tertiary/aromatic N) is 1. The van der Waals surface area contributed by atoms with E-state index < -0.39 is 33.9 Å². The highest BCUT2D eigenvalue weighted by atomic mass is 16.5. The number of fused-ring (bicyclic) bond motifs is 2. The number of amides is 1. The number of Topliss-reactive ketones (excluding diaryl/α,β-unsaturated/α-hetero) is 1. The molecular formula is C19H22N2O5. The maximum atomic E-state index is 13.1. The van der Waals surface area contributed by atoms with E-state index in [9.17, 15) is 19.6 Å². The Labute approximate surface area is 151 Å². The Balaban J connectivity index is 1.93. The maximum absolute atomic E-state index is 13.1. The van der Waals surface area contributed by atoms with Crippen LogP contribution < -0.4 is 5.32 Å². The van der Waals surface area contributed by atoms with Crippen LogP contribution in [0, 0.1) is 16.2 Å². The van der Waals surface area contributed by atoms with E-state index in [0.29, 0.717) is 24.1 Å². The van der Waals surface area contributed by atoms with Crippen molar-refractivity contribution in [1.82, 2.24) is 0 Å². The van der Waals surface area contributed by atoms with Crippen molar-refractivity contribution in [2.45, 2.75) is 33.6 Å². The van der Waals surface area contributed by atoms with Gasteiger partial charge in [-0.25, -0.2) is 4.79 Å². The van der Waals surface area contributed by atoms with E-state index in [1.807, 2.05) is 20.8 Å². The summed E-state index contributed by atoms with van der Waals surface area (Å²) in [4.78, 5) is 37.6. The van der Waals surface area contributed by atoms with E-state index in [4.69, 9.17) is 0 Å². The number of oxime groups is 1. The number of nitrogens with one attached hydrogen (secondary N) is 1. The van der Waals surface area contributed by atoms with Gasteiger partial charge >= 0.3 is 5.97 Å². The Morgan fingerprint density at radius 3 is 2.27 bits per heavy atom. The second kappa shape index (κ2) is 5.65. The maximum Gasteiger partial charge on any atom is 0.337 e. The first-order valence-corrected chi connectivity index (χ1v) is 8.43. The summed E-state index contributed by atoms with van der Waals surface area (Å²) in [5.41, 5.74) is -1.69. The predicted molar refractivity (Wildman–Crippen MR) is 94.2 cm³/mol. The Morgan fingerprint density at radius 2 is 1.77 bits per heavy atom. The van der Waals surface area contributed by atoms with Crippen molar-refractivity contribution in [2.24, 2.45) is 21.4 Å². The molecule has 0 aliphatic heterocycles. The minimum Gasteiger partial charge on any atom is -0.465 e. The summed E-state index contributed by atoms with van der Waals surface area (Å²) in [6.07, 6.45) is 1.00. The molecule has 7 nitrogen and oxygen atoms in total. The molecule has 0 spiro atoms. The average Bonchev–Trinajstić information content (AvgIpc) is 2.90. The minimum atomic E-state index is -1.27. The summed E-state index contributed by atoms with van der Waals surface area (Å²) in [7, 11) is 1.29. The van der Waals surface area contributed by atoms with Crippen LogP contribution in [0.1, 0.15) is 44.0 Å². The number of anilines is 1. The molecule has 2 aliphatic carbocycles. The summed E-state index contributed by atoms with van der Waals surface area (Å²) >= 11 is 0. The van der Waals surface area contributed by atoms with Crippen LogP contribution in [-0.2, 0) is 14.3 Å². The van der Waals surface area contributed by atoms with Crippen molar-refractivity contribution in [1.29, 1.82) is 0 Å². The van der Waals surface area contributed by atoms with Crippen molar-refractivity contribution in [3.05, 3.63) is 29.8 Å². The number of ketones is 1. The summed E-state index contributed by atoms with van der Waals surface area (Å²) in [5.74, 6) is -1.30. The number of carbonyl (C=O) groups is 3. The van der Waals surface area contributed by atoms with Gasteiger partial charge < -0.3 is 15.3 Å². The molecule has 1 amide bonds. The molecule has 0 heterocycles. The first kappa shape index (κ1) is 18.1. The third-order valence-electron chi connectivity index (χ3n) is 6.62. The summed E-state index contributed by atoms with van der Waals surface area (Å²) in [6, 6.07) is 6.25. The SMILES string of the molecule is COC(=O)c1ccc(NC(=O)C23CCC(C)(/C(=N/O)C2=O)C3(C)C)cc1. The number of hydrogen-bond donors (Lipinski definition) is 2. The Bertz CT molecular complexity index is 827. The van der Waals surface area contributed by atoms with Gasteiger partial charge in [0, 0.05) is 11.1 Å². The first-order chi connectivity index (χ1) is 12.2. The van der Waals surface area contributed by atoms with Gasteiger partial charge in [0.25, 0.3) is 0 Å². The Morgan fingerprint density at radius 1 is 1.15 bits per heavy atom. The van der Waals surface area contributed by atoms with Gasteiger partial charge in [-0.1, -0.05) is 25.9 Å². The molecule has 0 radical (unpaired) electrons. The second-order valence-electron chi connectivity index (χ2n) is 7.66. The normalized spacial score (nSPS) is 30.5. The average molecular weight is 358 g/mol. The molecule has 1 aromatic rings. The molecule has 7 heteroatoms. The van der Waals surface area contributed by atoms with Gasteiger partial charge in [-0.2, -0.15) is 0 Å². The Hall–Kier alpha value is -2.70. The van der Waals surface area contributed by atoms with Crippen LogP contribution in [0.3, 0.4) is 0 Å². The molecule has 26 heavy (non-hydrogen) atoms. The number of carbonyl (C=O) groups excluding carboxylic acids is 3. The fourth-order valence-corrected chi connectivity index (χ4v) is 4.50. The van der Waals surface area contributed by atoms with E-state index >= 15 is 0 Å². The number of methoxy groups -OCH3 is 1. The van der Waals surface area contributed by atoms with Gasteiger partial charge in [-0.3, -0.25) is 9.59 Å². The largest absolute Gasteiger partial charge is 0.465 e. The monoisotopic (exact) mass is 358 g/mol. The number of hydrogen-bond acceptors (Lipinski definition) is 6. The van der Waals surface area contributed by atoms with Crippen molar-refractivity contribution in [3.8, 4) is 0 Å². The van der Waals surface area contributed by atoms with E-state index in [2.05, 4.69) is 15.2 Å². The molecule has 2 N–H and O–H groups in total. The quantitative estimate of drug-likeness (QED) is 0.374. The zero-order valence-corrected chi connectivity index (χ0v) is 15.3. The lowest BCUT2D eigenvalue weighted by molar-refractivity contribution is -0.140. The molecule has 2 unspecified atom stereocenters. The van der Waals surface area contributed by atoms with Gasteiger partial charge in [0.05, 0.1) is 12.7 Å². The van der Waals surface area contributed by atoms with Crippen LogP contribution in [0.4, 0.5) is 5.69 Å². The number of esters is 1. The van der Waals surface area contributed by atoms with Crippen LogP contribution in [0.25, 0.3) is 0 Å². The highest BCUT2D eigenvalue weighted by molar-refractivity contribution is 6.51. The molecule has 0 saturated heterocycles. The lowest BCUT2D eigenvalue weighted by Gasteiger charge is -2.37. The third-order valence-corrected chi connectivity index (χ3v) is 6.62. The van der Waals surface area contributed by atoms with Crippen LogP contribution in [-0.4, -0.2) is 35.7 Å². The van der Waals surface area contributed by atoms with E-state index in [1.54, 1.807) is 24.3 Å². The molecule has 3 rings (SSSR count). The molecule has 138 valence electrons. The van der Waals surface area contributed by atoms with Gasteiger partial charge in [0.15, 0.2) is 5.78 Å². The fourth-order valence-electron chi connectivity index (χ4n) is 4.50. The number of benzene rings is 1. The fraction of sp³-hybridized carbons (Fsp3) is 0.474. The number of ether oxygens (including phenoxy) is 1. The van der Waals surface area contributed by atoms with E-state index in [0.717, 1.165) is 0 Å². The van der Waals surface area contributed by atoms with Gasteiger partial charge in [-0.05, 0) is 42.5 Å². The molecule has 2 aliphatic rings. The minimum absolute atomic E-state index is 0.0740. The topological polar surface area (TPSA) is 105 Å². The molecule has 2 atom stereocenters. The highest BCUT2D eigenvalue weighted by Gasteiger charge is 2.76. The van der Waals surface area contributed by atoms with E-state index in [-0.39, 0.29) is 5.71 Å². The summed E-state index contributed by atoms with van der Waals surface area (Å²) < 4.78 is 4.65. The molecule has 2 bridgehead atoms. The van der Waals surface area contributed by atoms with Gasteiger partial charge in [0.1, 0.15) is 11.1 Å².